The quantitative estimate of drug-likeness (QED) is 0.413. The summed E-state index contributed by atoms with van der Waals surface area (Å²) in [6.07, 6.45) is 0. The fourth-order valence-electron chi connectivity index (χ4n) is 3.68. The van der Waals surface area contributed by atoms with Crippen molar-refractivity contribution in [2.75, 3.05) is 11.9 Å². The summed E-state index contributed by atoms with van der Waals surface area (Å²) in [7, 11) is 1.75. The second-order valence-corrected chi connectivity index (χ2v) is 7.94. The molecule has 0 fully saturated rings. The van der Waals surface area contributed by atoms with Crippen LogP contribution < -0.4 is 20.9 Å². The highest BCUT2D eigenvalue weighted by molar-refractivity contribution is 5.97. The number of carbonyl (C=O) groups excluding carboxylic acids is 2. The fraction of sp³-hybridized carbons (Fsp3) is 0.148. The van der Waals surface area contributed by atoms with Crippen LogP contribution in [0, 0.1) is 6.92 Å². The zero-order chi connectivity index (χ0) is 24.8. The maximum absolute atomic E-state index is 13.0. The van der Waals surface area contributed by atoms with Gasteiger partial charge in [0.05, 0.1) is 16.9 Å². The highest BCUT2D eigenvalue weighted by Crippen LogP contribution is 2.19. The van der Waals surface area contributed by atoms with Gasteiger partial charge in [-0.15, -0.1) is 0 Å². The zero-order valence-corrected chi connectivity index (χ0v) is 19.5. The van der Waals surface area contributed by atoms with Crippen molar-refractivity contribution in [3.05, 3.63) is 112 Å². The molecule has 178 valence electrons. The Kier molecular flexibility index (Phi) is 7.11. The van der Waals surface area contributed by atoms with Crippen LogP contribution in [-0.4, -0.2) is 27.8 Å². The minimum Gasteiger partial charge on any atom is -0.483 e. The highest BCUT2D eigenvalue weighted by atomic mass is 16.5. The van der Waals surface area contributed by atoms with Gasteiger partial charge in [-0.05, 0) is 36.8 Å². The van der Waals surface area contributed by atoms with Gasteiger partial charge in [-0.3, -0.25) is 19.1 Å². The number of hydrogen-bond acceptors (Lipinski definition) is 4. The first-order valence-corrected chi connectivity index (χ1v) is 11.1. The third-order valence-corrected chi connectivity index (χ3v) is 5.60. The summed E-state index contributed by atoms with van der Waals surface area (Å²) in [5.41, 5.74) is 2.42. The summed E-state index contributed by atoms with van der Waals surface area (Å²) < 4.78 is 8.82. The van der Waals surface area contributed by atoms with Gasteiger partial charge in [-0.25, -0.2) is 4.68 Å². The van der Waals surface area contributed by atoms with Crippen LogP contribution in [0.5, 0.6) is 5.75 Å². The van der Waals surface area contributed by atoms with Crippen molar-refractivity contribution < 1.29 is 14.3 Å². The van der Waals surface area contributed by atoms with Gasteiger partial charge in [0.1, 0.15) is 11.4 Å². The van der Waals surface area contributed by atoms with Gasteiger partial charge in [-0.1, -0.05) is 60.7 Å². The molecule has 0 saturated heterocycles. The first kappa shape index (κ1) is 23.6. The molecular weight excluding hydrogens is 444 g/mol. The van der Waals surface area contributed by atoms with E-state index in [1.54, 1.807) is 42.9 Å². The number of rotatable bonds is 8. The van der Waals surface area contributed by atoms with Crippen LogP contribution in [0.1, 0.15) is 21.6 Å². The summed E-state index contributed by atoms with van der Waals surface area (Å²) in [5.74, 6) is -0.537. The van der Waals surface area contributed by atoms with E-state index in [1.165, 1.54) is 4.68 Å². The van der Waals surface area contributed by atoms with E-state index in [1.807, 2.05) is 60.7 Å². The number of amides is 2. The molecule has 1 aromatic heterocycles. The lowest BCUT2D eigenvalue weighted by molar-refractivity contribution is -0.118. The van der Waals surface area contributed by atoms with Crippen molar-refractivity contribution in [2.24, 2.45) is 7.05 Å². The molecule has 3 aromatic carbocycles. The third-order valence-electron chi connectivity index (χ3n) is 5.60. The Labute approximate surface area is 202 Å². The average Bonchev–Trinajstić information content (AvgIpc) is 3.10. The maximum atomic E-state index is 13.0. The minimum absolute atomic E-state index is 0.179. The van der Waals surface area contributed by atoms with Crippen molar-refractivity contribution in [1.29, 1.82) is 0 Å². The van der Waals surface area contributed by atoms with Gasteiger partial charge >= 0.3 is 0 Å². The SMILES string of the molecule is Cc1c(NC(=O)COc2ccccc2C(=O)NCc2ccccc2)c(=O)n(-c2ccccc2)n1C. The Balaban J connectivity index is 1.43. The lowest BCUT2D eigenvalue weighted by Crippen LogP contribution is -2.27. The van der Waals surface area contributed by atoms with Gasteiger partial charge in [0, 0.05) is 13.6 Å². The summed E-state index contributed by atoms with van der Waals surface area (Å²) in [4.78, 5) is 38.3. The van der Waals surface area contributed by atoms with Crippen LogP contribution in [-0.2, 0) is 18.4 Å². The minimum atomic E-state index is -0.504. The second-order valence-electron chi connectivity index (χ2n) is 7.94. The Bertz CT molecular complexity index is 1390. The number of benzene rings is 3. The van der Waals surface area contributed by atoms with E-state index in [0.717, 1.165) is 5.56 Å². The molecule has 4 aromatic rings. The number of hydrogen-bond donors (Lipinski definition) is 2. The number of para-hydroxylation sites is 2. The molecule has 0 aliphatic heterocycles. The zero-order valence-electron chi connectivity index (χ0n) is 19.5. The third kappa shape index (κ3) is 5.33. The van der Waals surface area contributed by atoms with Crippen molar-refractivity contribution in [2.45, 2.75) is 13.5 Å². The summed E-state index contributed by atoms with van der Waals surface area (Å²) in [6, 6.07) is 25.4. The van der Waals surface area contributed by atoms with Crippen LogP contribution >= 0.6 is 0 Å². The van der Waals surface area contributed by atoms with Gasteiger partial charge in [0.2, 0.25) is 0 Å². The van der Waals surface area contributed by atoms with Crippen molar-refractivity contribution in [3.63, 3.8) is 0 Å². The lowest BCUT2D eigenvalue weighted by atomic mass is 10.1. The first-order chi connectivity index (χ1) is 17.0. The van der Waals surface area contributed by atoms with Crippen LogP contribution in [0.3, 0.4) is 0 Å². The van der Waals surface area contributed by atoms with Gasteiger partial charge in [0.25, 0.3) is 17.4 Å². The molecule has 0 bridgehead atoms. The molecule has 35 heavy (non-hydrogen) atoms. The lowest BCUT2D eigenvalue weighted by Gasteiger charge is -2.12. The molecule has 0 saturated carbocycles. The second kappa shape index (κ2) is 10.6. The van der Waals surface area contributed by atoms with Gasteiger partial charge < -0.3 is 15.4 Å². The van der Waals surface area contributed by atoms with Crippen LogP contribution in [0.25, 0.3) is 5.69 Å². The molecule has 2 N–H and O–H groups in total. The molecule has 0 unspecified atom stereocenters. The molecule has 2 amide bonds. The number of nitrogens with one attached hydrogen (secondary N) is 2. The monoisotopic (exact) mass is 470 g/mol. The molecule has 1 heterocycles. The molecular formula is C27H26N4O4. The molecule has 0 aliphatic carbocycles. The fourth-order valence-corrected chi connectivity index (χ4v) is 3.68. The molecule has 0 radical (unpaired) electrons. The first-order valence-electron chi connectivity index (χ1n) is 11.1. The smallest absolute Gasteiger partial charge is 0.295 e. The van der Waals surface area contributed by atoms with Gasteiger partial charge in [-0.2, -0.15) is 0 Å². The van der Waals surface area contributed by atoms with Crippen LogP contribution in [0.4, 0.5) is 5.69 Å². The largest absolute Gasteiger partial charge is 0.483 e. The average molecular weight is 471 g/mol. The van der Waals surface area contributed by atoms with E-state index in [-0.39, 0.29) is 29.5 Å². The number of nitrogens with zero attached hydrogens (tertiary/aromatic N) is 2. The molecule has 0 aliphatic rings. The van der Waals surface area contributed by atoms with E-state index >= 15 is 0 Å². The van der Waals surface area contributed by atoms with E-state index in [0.29, 0.717) is 23.5 Å². The standard InChI is InChI=1S/C27H26N4O4/c1-19-25(27(34)31(30(19)2)21-13-7-4-8-14-21)29-24(32)18-35-23-16-10-9-15-22(23)26(33)28-17-20-11-5-3-6-12-20/h3-16H,17-18H2,1-2H3,(H,28,33)(H,29,32). The maximum Gasteiger partial charge on any atom is 0.295 e. The van der Waals surface area contributed by atoms with Crippen molar-refractivity contribution >= 4 is 17.5 Å². The van der Waals surface area contributed by atoms with Crippen LogP contribution in [0.15, 0.2) is 89.7 Å². The van der Waals surface area contributed by atoms with Crippen molar-refractivity contribution in [3.8, 4) is 11.4 Å². The van der Waals surface area contributed by atoms with E-state index in [4.69, 9.17) is 4.74 Å². The van der Waals surface area contributed by atoms with Crippen LogP contribution in [0.2, 0.25) is 0 Å². The Morgan fingerprint density at radius 1 is 0.886 bits per heavy atom. The number of anilines is 1. The number of ether oxygens (including phenoxy) is 1. The van der Waals surface area contributed by atoms with Gasteiger partial charge in [0.15, 0.2) is 6.61 Å². The predicted octanol–water partition coefficient (Wildman–Crippen LogP) is 3.43. The Morgan fingerprint density at radius 2 is 1.51 bits per heavy atom. The summed E-state index contributed by atoms with van der Waals surface area (Å²) >= 11 is 0. The molecule has 8 heteroatoms. The van der Waals surface area contributed by atoms with E-state index in [2.05, 4.69) is 10.6 Å². The van der Waals surface area contributed by atoms with E-state index in [9.17, 15) is 14.4 Å². The predicted molar refractivity (Wildman–Crippen MR) is 134 cm³/mol. The summed E-state index contributed by atoms with van der Waals surface area (Å²) in [5, 5.41) is 5.51. The molecule has 0 atom stereocenters. The highest BCUT2D eigenvalue weighted by Gasteiger charge is 2.19. The number of carbonyl (C=O) groups is 2. The van der Waals surface area contributed by atoms with E-state index < -0.39 is 5.91 Å². The Hall–Kier alpha value is -4.59. The molecule has 8 nitrogen and oxygen atoms in total. The topological polar surface area (TPSA) is 94.4 Å². The Morgan fingerprint density at radius 3 is 2.23 bits per heavy atom. The molecule has 0 spiro atoms. The normalized spacial score (nSPS) is 10.6. The molecule has 4 rings (SSSR count). The number of aromatic nitrogens is 2. The van der Waals surface area contributed by atoms with Crippen molar-refractivity contribution in [1.82, 2.24) is 14.7 Å². The summed E-state index contributed by atoms with van der Waals surface area (Å²) in [6.45, 7) is 1.77.